The molecule has 3 heteroatoms. The summed E-state index contributed by atoms with van der Waals surface area (Å²) in [4.78, 5) is 17.5. The van der Waals surface area contributed by atoms with E-state index in [-0.39, 0.29) is 0 Å². The van der Waals surface area contributed by atoms with Gasteiger partial charge in [-0.25, -0.2) is 4.79 Å². The zero-order valence-electron chi connectivity index (χ0n) is 15.8. The fourth-order valence-corrected chi connectivity index (χ4v) is 2.33. The molecule has 0 radical (unpaired) electrons. The molecule has 0 bridgehead atoms. The van der Waals surface area contributed by atoms with Crippen molar-refractivity contribution in [2.75, 3.05) is 0 Å². The highest BCUT2D eigenvalue weighted by Crippen LogP contribution is 2.25. The number of carbonyl (C=O) groups excluding carboxylic acids is 1. The van der Waals surface area contributed by atoms with Gasteiger partial charge in [0.25, 0.3) is 0 Å². The van der Waals surface area contributed by atoms with Gasteiger partial charge in [-0.3, -0.25) is 0 Å². The summed E-state index contributed by atoms with van der Waals surface area (Å²) in [6, 6.07) is 18.6. The van der Waals surface area contributed by atoms with Crippen LogP contribution in [-0.4, -0.2) is 11.7 Å². The van der Waals surface area contributed by atoms with E-state index in [1.165, 1.54) is 0 Å². The summed E-state index contributed by atoms with van der Waals surface area (Å²) >= 11 is 0. The van der Waals surface area contributed by atoms with Gasteiger partial charge in [-0.1, -0.05) is 60.6 Å². The van der Waals surface area contributed by atoms with Crippen molar-refractivity contribution in [2.24, 2.45) is 10.6 Å². The standard InChI is InChI=1S/C23H25NO2/c1-5-18(2)16-17-23(3,4)21(19-12-8-6-9-13-19)24-26-22(25)20-14-10-7-11-15-20/h6-15,17H,5H2,1-4H3/b24-21+. The van der Waals surface area contributed by atoms with Crippen LogP contribution in [0.3, 0.4) is 0 Å². The molecule has 134 valence electrons. The molecule has 0 fully saturated rings. The summed E-state index contributed by atoms with van der Waals surface area (Å²) in [6.45, 7) is 8.20. The van der Waals surface area contributed by atoms with Gasteiger partial charge in [0.1, 0.15) is 0 Å². The molecule has 0 heterocycles. The Hall–Kier alpha value is -2.90. The molecule has 0 N–H and O–H groups in total. The molecule has 0 unspecified atom stereocenters. The van der Waals surface area contributed by atoms with Crippen LogP contribution in [0, 0.1) is 5.41 Å². The van der Waals surface area contributed by atoms with Gasteiger partial charge in [0.2, 0.25) is 0 Å². The molecular formula is C23H25NO2. The zero-order chi connectivity index (χ0) is 19.0. The average molecular weight is 347 g/mol. The maximum Gasteiger partial charge on any atom is 0.365 e. The van der Waals surface area contributed by atoms with E-state index in [2.05, 4.69) is 17.8 Å². The highest BCUT2D eigenvalue weighted by Gasteiger charge is 2.25. The third-order valence-corrected chi connectivity index (χ3v) is 4.10. The topological polar surface area (TPSA) is 38.7 Å². The first-order valence-corrected chi connectivity index (χ1v) is 8.77. The summed E-state index contributed by atoms with van der Waals surface area (Å²) < 4.78 is 0. The number of benzene rings is 2. The largest absolute Gasteiger partial charge is 0.365 e. The number of hydrogen-bond acceptors (Lipinski definition) is 3. The monoisotopic (exact) mass is 347 g/mol. The van der Waals surface area contributed by atoms with Gasteiger partial charge in [-0.05, 0) is 51.0 Å². The molecule has 2 aromatic carbocycles. The summed E-state index contributed by atoms with van der Waals surface area (Å²) in [5.74, 6) is -0.473. The van der Waals surface area contributed by atoms with Gasteiger partial charge in [0.15, 0.2) is 0 Å². The number of nitrogens with zero attached hydrogens (tertiary/aromatic N) is 1. The van der Waals surface area contributed by atoms with Crippen molar-refractivity contribution in [1.82, 2.24) is 0 Å². The van der Waals surface area contributed by atoms with E-state index in [9.17, 15) is 4.79 Å². The lowest BCUT2D eigenvalue weighted by molar-refractivity contribution is 0.0513. The van der Waals surface area contributed by atoms with E-state index < -0.39 is 11.4 Å². The minimum atomic E-state index is -0.473. The smallest absolute Gasteiger partial charge is 0.312 e. The quantitative estimate of drug-likeness (QED) is 0.287. The Balaban J connectivity index is 2.39. The van der Waals surface area contributed by atoms with Crippen LogP contribution in [0.4, 0.5) is 0 Å². The third-order valence-electron chi connectivity index (χ3n) is 4.10. The van der Waals surface area contributed by atoms with E-state index in [4.69, 9.17) is 4.84 Å². The molecular weight excluding hydrogens is 322 g/mol. The van der Waals surface area contributed by atoms with Crippen LogP contribution < -0.4 is 0 Å². The predicted molar refractivity (Wildman–Crippen MR) is 106 cm³/mol. The van der Waals surface area contributed by atoms with Crippen LogP contribution in [0.25, 0.3) is 0 Å². The normalized spacial score (nSPS) is 11.5. The zero-order valence-corrected chi connectivity index (χ0v) is 15.8. The second-order valence-corrected chi connectivity index (χ2v) is 6.69. The lowest BCUT2D eigenvalue weighted by Gasteiger charge is -2.21. The molecule has 0 aromatic heterocycles. The molecule has 0 aliphatic rings. The Morgan fingerprint density at radius 3 is 2.12 bits per heavy atom. The molecule has 0 amide bonds. The van der Waals surface area contributed by atoms with E-state index >= 15 is 0 Å². The summed E-state index contributed by atoms with van der Waals surface area (Å²) in [6.07, 6.45) is 2.92. The Bertz CT molecular complexity index is 827. The predicted octanol–water partition coefficient (Wildman–Crippen LogP) is 5.79. The number of rotatable bonds is 6. The summed E-state index contributed by atoms with van der Waals surface area (Å²) in [7, 11) is 0. The van der Waals surface area contributed by atoms with Gasteiger partial charge in [0, 0.05) is 11.0 Å². The lowest BCUT2D eigenvalue weighted by atomic mass is 9.83. The highest BCUT2D eigenvalue weighted by molar-refractivity contribution is 6.05. The Kier molecular flexibility index (Phi) is 6.71. The first-order chi connectivity index (χ1) is 12.4. The van der Waals surface area contributed by atoms with Crippen LogP contribution in [0.15, 0.2) is 83.2 Å². The molecule has 3 nitrogen and oxygen atoms in total. The van der Waals surface area contributed by atoms with Crippen molar-refractivity contribution in [3.05, 3.63) is 89.2 Å². The van der Waals surface area contributed by atoms with E-state index in [1.807, 2.05) is 63.2 Å². The average Bonchev–Trinajstić information content (AvgIpc) is 2.67. The van der Waals surface area contributed by atoms with Gasteiger partial charge >= 0.3 is 5.97 Å². The molecule has 0 spiro atoms. The molecule has 0 aliphatic carbocycles. The molecule has 0 saturated heterocycles. The Labute approximate surface area is 155 Å². The van der Waals surface area contributed by atoms with Crippen molar-refractivity contribution in [3.63, 3.8) is 0 Å². The fourth-order valence-electron chi connectivity index (χ4n) is 2.33. The van der Waals surface area contributed by atoms with Gasteiger partial charge in [-0.15, -0.1) is 5.73 Å². The number of allylic oxidation sites excluding steroid dienone is 1. The van der Waals surface area contributed by atoms with Crippen molar-refractivity contribution in [1.29, 1.82) is 0 Å². The van der Waals surface area contributed by atoms with Crippen molar-refractivity contribution in [3.8, 4) is 0 Å². The number of oxime groups is 1. The van der Waals surface area contributed by atoms with Gasteiger partial charge < -0.3 is 4.84 Å². The third kappa shape index (κ3) is 5.30. The Morgan fingerprint density at radius 1 is 1.04 bits per heavy atom. The molecule has 0 atom stereocenters. The lowest BCUT2D eigenvalue weighted by Crippen LogP contribution is -2.24. The molecule has 2 rings (SSSR count). The molecule has 0 aliphatic heterocycles. The van der Waals surface area contributed by atoms with E-state index in [0.29, 0.717) is 11.3 Å². The second-order valence-electron chi connectivity index (χ2n) is 6.69. The molecule has 0 saturated carbocycles. The van der Waals surface area contributed by atoms with Crippen molar-refractivity contribution in [2.45, 2.75) is 34.1 Å². The molecule has 26 heavy (non-hydrogen) atoms. The SMILES string of the molecule is CCC(C)=C=CC(C)(C)/C(=N/OC(=O)c1ccccc1)c1ccccc1. The maximum atomic E-state index is 12.3. The maximum absolute atomic E-state index is 12.3. The minimum Gasteiger partial charge on any atom is -0.312 e. The second kappa shape index (κ2) is 8.98. The van der Waals surface area contributed by atoms with Crippen LogP contribution in [0.5, 0.6) is 0 Å². The van der Waals surface area contributed by atoms with Crippen molar-refractivity contribution < 1.29 is 9.63 Å². The fraction of sp³-hybridized carbons (Fsp3) is 0.261. The van der Waals surface area contributed by atoms with Gasteiger partial charge in [-0.2, -0.15) is 0 Å². The van der Waals surface area contributed by atoms with E-state index in [0.717, 1.165) is 17.6 Å². The minimum absolute atomic E-state index is 0.450. The van der Waals surface area contributed by atoms with E-state index in [1.54, 1.807) is 24.3 Å². The first-order valence-electron chi connectivity index (χ1n) is 8.77. The number of carbonyl (C=O) groups is 1. The van der Waals surface area contributed by atoms with Crippen LogP contribution in [0.2, 0.25) is 0 Å². The number of hydrogen-bond donors (Lipinski definition) is 0. The van der Waals surface area contributed by atoms with Crippen LogP contribution >= 0.6 is 0 Å². The highest BCUT2D eigenvalue weighted by atomic mass is 16.7. The summed E-state index contributed by atoms with van der Waals surface area (Å²) in [5.41, 5.74) is 6.08. The van der Waals surface area contributed by atoms with Gasteiger partial charge in [0.05, 0.1) is 11.3 Å². The van der Waals surface area contributed by atoms with Crippen molar-refractivity contribution >= 4 is 11.7 Å². The first kappa shape index (κ1) is 19.4. The summed E-state index contributed by atoms with van der Waals surface area (Å²) in [5, 5.41) is 4.23. The molecule has 2 aromatic rings. The van der Waals surface area contributed by atoms with Crippen LogP contribution in [-0.2, 0) is 4.84 Å². The Morgan fingerprint density at radius 2 is 1.58 bits per heavy atom. The van der Waals surface area contributed by atoms with Crippen LogP contribution in [0.1, 0.15) is 50.0 Å².